The Balaban J connectivity index is 1.87. The number of thiocarbonyl (C=S) groups is 1. The molecule has 184 valence electrons. The first kappa shape index (κ1) is 25.6. The van der Waals surface area contributed by atoms with Gasteiger partial charge in [-0.2, -0.15) is 0 Å². The summed E-state index contributed by atoms with van der Waals surface area (Å²) in [6.45, 7) is 4.29. The molecule has 0 aliphatic heterocycles. The number of H-pyrrole nitrogens is 1. The monoisotopic (exact) mass is 489 g/mol. The fourth-order valence-electron chi connectivity index (χ4n) is 3.99. The molecule has 1 aromatic heterocycles. The first-order chi connectivity index (χ1) is 16.4. The van der Waals surface area contributed by atoms with Crippen LogP contribution in [-0.4, -0.2) is 63.1 Å². The van der Waals surface area contributed by atoms with E-state index in [0.29, 0.717) is 55.0 Å². The van der Waals surface area contributed by atoms with E-state index in [1.807, 2.05) is 19.1 Å². The van der Waals surface area contributed by atoms with E-state index in [1.165, 1.54) is 6.07 Å². The van der Waals surface area contributed by atoms with Gasteiger partial charge in [0.1, 0.15) is 5.82 Å². The van der Waals surface area contributed by atoms with Crippen LogP contribution in [0.2, 0.25) is 0 Å². The van der Waals surface area contributed by atoms with Gasteiger partial charge >= 0.3 is 0 Å². The van der Waals surface area contributed by atoms with Crippen LogP contribution in [0.3, 0.4) is 0 Å². The maximum atomic E-state index is 13.9. The Kier molecular flexibility index (Phi) is 8.95. The van der Waals surface area contributed by atoms with Crippen molar-refractivity contribution in [3.8, 4) is 17.2 Å². The number of benzene rings is 2. The minimum absolute atomic E-state index is 0.251. The summed E-state index contributed by atoms with van der Waals surface area (Å²) in [4.78, 5) is 5.42. The van der Waals surface area contributed by atoms with Gasteiger partial charge in [0.15, 0.2) is 16.6 Å². The van der Waals surface area contributed by atoms with Crippen LogP contribution in [0.5, 0.6) is 17.2 Å². The van der Waals surface area contributed by atoms with Crippen LogP contribution in [0.4, 0.5) is 4.39 Å². The second-order valence-corrected chi connectivity index (χ2v) is 8.24. The minimum Gasteiger partial charge on any atom is -0.493 e. The Morgan fingerprint density at radius 1 is 1.06 bits per heavy atom. The topological polar surface area (TPSA) is 68.0 Å². The summed E-state index contributed by atoms with van der Waals surface area (Å²) in [5.74, 6) is 1.45. The largest absolute Gasteiger partial charge is 0.493 e. The van der Waals surface area contributed by atoms with Crippen molar-refractivity contribution in [2.45, 2.75) is 19.9 Å². The van der Waals surface area contributed by atoms with Crippen LogP contribution < -0.4 is 19.5 Å². The Bertz CT molecular complexity index is 1110. The molecule has 0 unspecified atom stereocenters. The molecule has 0 fully saturated rings. The van der Waals surface area contributed by atoms with E-state index in [2.05, 4.69) is 15.2 Å². The molecule has 0 saturated heterocycles. The first-order valence-electron chi connectivity index (χ1n) is 11.0. The molecule has 3 rings (SSSR count). The standard InChI is InChI=1S/C25H32FN3O4S/c1-16-19(20-14-18(26)6-7-21(20)28-16)8-10-29(25(34)27-9-11-30-2)15-17-12-22(31-3)24(33-5)23(13-17)32-4/h6-7,12-14,28H,8-11,15H2,1-5H3,(H,27,34). The van der Waals surface area contributed by atoms with Gasteiger partial charge in [0.25, 0.3) is 0 Å². The van der Waals surface area contributed by atoms with Crippen LogP contribution in [0.1, 0.15) is 16.8 Å². The van der Waals surface area contributed by atoms with Crippen LogP contribution in [-0.2, 0) is 17.7 Å². The number of hydrogen-bond acceptors (Lipinski definition) is 5. The summed E-state index contributed by atoms with van der Waals surface area (Å²) in [5.41, 5.74) is 3.97. The lowest BCUT2D eigenvalue weighted by molar-refractivity contribution is 0.203. The summed E-state index contributed by atoms with van der Waals surface area (Å²) < 4.78 is 35.5. The highest BCUT2D eigenvalue weighted by atomic mass is 32.1. The van der Waals surface area contributed by atoms with E-state index < -0.39 is 0 Å². The molecule has 9 heteroatoms. The predicted octanol–water partition coefficient (Wildman–Crippen LogP) is 4.21. The number of nitrogens with zero attached hydrogens (tertiary/aromatic N) is 1. The zero-order valence-corrected chi connectivity index (χ0v) is 21.1. The zero-order chi connectivity index (χ0) is 24.7. The molecule has 2 aromatic carbocycles. The molecular formula is C25H32FN3O4S. The van der Waals surface area contributed by atoms with Crippen LogP contribution in [0, 0.1) is 12.7 Å². The number of ether oxygens (including phenoxy) is 4. The third-order valence-electron chi connectivity index (χ3n) is 5.68. The lowest BCUT2D eigenvalue weighted by atomic mass is 10.1. The molecule has 0 atom stereocenters. The number of methoxy groups -OCH3 is 4. The highest BCUT2D eigenvalue weighted by Crippen LogP contribution is 2.38. The molecule has 0 aliphatic rings. The van der Waals surface area contributed by atoms with Gasteiger partial charge in [-0.15, -0.1) is 0 Å². The van der Waals surface area contributed by atoms with Crippen molar-refractivity contribution in [3.63, 3.8) is 0 Å². The highest BCUT2D eigenvalue weighted by molar-refractivity contribution is 7.80. The summed E-state index contributed by atoms with van der Waals surface area (Å²) in [6.07, 6.45) is 0.686. The fourth-order valence-corrected chi connectivity index (χ4v) is 4.25. The molecule has 0 aliphatic carbocycles. The molecule has 0 amide bonds. The van der Waals surface area contributed by atoms with Crippen molar-refractivity contribution < 1.29 is 23.3 Å². The highest BCUT2D eigenvalue weighted by Gasteiger charge is 2.18. The number of hydrogen-bond donors (Lipinski definition) is 2. The predicted molar refractivity (Wildman–Crippen MR) is 136 cm³/mol. The molecular weight excluding hydrogens is 457 g/mol. The summed E-state index contributed by atoms with van der Waals surface area (Å²) in [5, 5.41) is 4.75. The third-order valence-corrected chi connectivity index (χ3v) is 6.08. The number of aromatic nitrogens is 1. The molecule has 7 nitrogen and oxygen atoms in total. The molecule has 3 aromatic rings. The Morgan fingerprint density at radius 3 is 2.38 bits per heavy atom. The average Bonchev–Trinajstić information content (AvgIpc) is 3.14. The lowest BCUT2D eigenvalue weighted by Gasteiger charge is -2.27. The van der Waals surface area contributed by atoms with E-state index in [9.17, 15) is 4.39 Å². The zero-order valence-electron chi connectivity index (χ0n) is 20.3. The van der Waals surface area contributed by atoms with E-state index in [0.717, 1.165) is 27.7 Å². The van der Waals surface area contributed by atoms with Gasteiger partial charge < -0.3 is 34.1 Å². The van der Waals surface area contributed by atoms with Crippen molar-refractivity contribution in [2.75, 3.05) is 48.1 Å². The van der Waals surface area contributed by atoms with Gasteiger partial charge in [-0.05, 0) is 67.0 Å². The van der Waals surface area contributed by atoms with Crippen LogP contribution in [0.15, 0.2) is 30.3 Å². The van der Waals surface area contributed by atoms with E-state index >= 15 is 0 Å². The van der Waals surface area contributed by atoms with E-state index in [1.54, 1.807) is 40.6 Å². The minimum atomic E-state index is -0.251. The van der Waals surface area contributed by atoms with Gasteiger partial charge in [-0.25, -0.2) is 4.39 Å². The van der Waals surface area contributed by atoms with Crippen molar-refractivity contribution in [1.29, 1.82) is 0 Å². The molecule has 0 radical (unpaired) electrons. The number of aryl methyl sites for hydroxylation is 1. The Morgan fingerprint density at radius 2 is 1.76 bits per heavy atom. The molecule has 1 heterocycles. The normalized spacial score (nSPS) is 10.9. The number of halogens is 1. The summed E-state index contributed by atoms with van der Waals surface area (Å²) >= 11 is 5.71. The second-order valence-electron chi connectivity index (χ2n) is 7.85. The van der Waals surface area contributed by atoms with Gasteiger partial charge in [0.05, 0.1) is 27.9 Å². The van der Waals surface area contributed by atoms with Gasteiger partial charge in [-0.3, -0.25) is 0 Å². The SMILES string of the molecule is COCCNC(=S)N(CCc1c(C)[nH]c2ccc(F)cc12)Cc1cc(OC)c(OC)c(OC)c1. The smallest absolute Gasteiger partial charge is 0.203 e. The fraction of sp³-hybridized carbons (Fsp3) is 0.400. The van der Waals surface area contributed by atoms with Gasteiger partial charge in [0, 0.05) is 43.3 Å². The number of rotatable bonds is 11. The molecule has 0 spiro atoms. The van der Waals surface area contributed by atoms with E-state index in [-0.39, 0.29) is 5.82 Å². The van der Waals surface area contributed by atoms with Crippen molar-refractivity contribution in [3.05, 3.63) is 53.0 Å². The van der Waals surface area contributed by atoms with Gasteiger partial charge in [0.2, 0.25) is 5.75 Å². The number of fused-ring (bicyclic) bond motifs is 1. The van der Waals surface area contributed by atoms with Crippen molar-refractivity contribution in [2.24, 2.45) is 0 Å². The quantitative estimate of drug-likeness (QED) is 0.309. The molecule has 0 bridgehead atoms. The molecule has 34 heavy (non-hydrogen) atoms. The first-order valence-corrected chi connectivity index (χ1v) is 11.4. The maximum Gasteiger partial charge on any atom is 0.203 e. The Labute approximate surface area is 205 Å². The summed E-state index contributed by atoms with van der Waals surface area (Å²) in [6, 6.07) is 8.64. The number of nitrogens with one attached hydrogen (secondary N) is 2. The molecule has 2 N–H and O–H groups in total. The van der Waals surface area contributed by atoms with Crippen molar-refractivity contribution in [1.82, 2.24) is 15.2 Å². The van der Waals surface area contributed by atoms with Crippen LogP contribution >= 0.6 is 12.2 Å². The lowest BCUT2D eigenvalue weighted by Crippen LogP contribution is -2.41. The second kappa shape index (κ2) is 11.9. The number of aromatic amines is 1. The van der Waals surface area contributed by atoms with Gasteiger partial charge in [-0.1, -0.05) is 0 Å². The maximum absolute atomic E-state index is 13.9. The molecule has 0 saturated carbocycles. The average molecular weight is 490 g/mol. The third kappa shape index (κ3) is 5.90. The van der Waals surface area contributed by atoms with E-state index in [4.69, 9.17) is 31.2 Å². The summed E-state index contributed by atoms with van der Waals surface area (Å²) in [7, 11) is 6.41. The van der Waals surface area contributed by atoms with Crippen LogP contribution in [0.25, 0.3) is 10.9 Å². The van der Waals surface area contributed by atoms with Crippen molar-refractivity contribution >= 4 is 28.2 Å². The Hall–Kier alpha value is -3.04.